The molecule has 0 fully saturated rings. The first kappa shape index (κ1) is 17.7. The second kappa shape index (κ2) is 7.87. The topological polar surface area (TPSA) is 84.7 Å². The van der Waals surface area contributed by atoms with Crippen LogP contribution in [0.15, 0.2) is 67.1 Å². The number of hydrogen-bond donors (Lipinski definition) is 2. The summed E-state index contributed by atoms with van der Waals surface area (Å²) in [7, 11) is 0. The highest BCUT2D eigenvalue weighted by Crippen LogP contribution is 2.21. The van der Waals surface area contributed by atoms with Crippen molar-refractivity contribution in [2.24, 2.45) is 0 Å². The second-order valence-corrected chi connectivity index (χ2v) is 6.26. The van der Waals surface area contributed by atoms with Gasteiger partial charge in [-0.25, -0.2) is 14.6 Å². The molecule has 2 heterocycles. The second-order valence-electron chi connectivity index (χ2n) is 6.26. The monoisotopic (exact) mass is 372 g/mol. The summed E-state index contributed by atoms with van der Waals surface area (Å²) in [4.78, 5) is 21.0. The Labute approximate surface area is 162 Å². The molecule has 0 aliphatic heterocycles. The molecular formula is C21H20N6O. The van der Waals surface area contributed by atoms with Crippen molar-refractivity contribution in [3.8, 4) is 5.69 Å². The van der Waals surface area contributed by atoms with Crippen LogP contribution in [-0.2, 0) is 11.2 Å². The van der Waals surface area contributed by atoms with Crippen LogP contribution in [0.2, 0.25) is 0 Å². The number of aromatic nitrogens is 4. The molecule has 1 amide bonds. The third kappa shape index (κ3) is 3.55. The van der Waals surface area contributed by atoms with E-state index >= 15 is 0 Å². The summed E-state index contributed by atoms with van der Waals surface area (Å²) in [5.41, 5.74) is 3.53. The van der Waals surface area contributed by atoms with E-state index in [0.717, 1.165) is 28.7 Å². The van der Waals surface area contributed by atoms with Crippen LogP contribution in [0.1, 0.15) is 12.5 Å². The Bertz CT molecular complexity index is 1110. The molecule has 0 atom stereocenters. The lowest BCUT2D eigenvalue weighted by atomic mass is 10.1. The number of aryl methyl sites for hydroxylation is 1. The van der Waals surface area contributed by atoms with Gasteiger partial charge in [0.1, 0.15) is 12.1 Å². The summed E-state index contributed by atoms with van der Waals surface area (Å²) in [6.45, 7) is 2.16. The van der Waals surface area contributed by atoms with Crippen molar-refractivity contribution < 1.29 is 4.79 Å². The third-order valence-electron chi connectivity index (χ3n) is 4.46. The molecule has 7 heteroatoms. The molecule has 2 aromatic heterocycles. The van der Waals surface area contributed by atoms with Crippen LogP contribution in [0.4, 0.5) is 11.5 Å². The van der Waals surface area contributed by atoms with E-state index in [4.69, 9.17) is 0 Å². The van der Waals surface area contributed by atoms with Crippen molar-refractivity contribution in [1.29, 1.82) is 0 Å². The number of fused-ring (bicyclic) bond motifs is 1. The quantitative estimate of drug-likeness (QED) is 0.542. The van der Waals surface area contributed by atoms with E-state index in [-0.39, 0.29) is 12.5 Å². The zero-order chi connectivity index (χ0) is 19.3. The molecule has 2 aromatic carbocycles. The van der Waals surface area contributed by atoms with Crippen LogP contribution < -0.4 is 10.6 Å². The lowest BCUT2D eigenvalue weighted by Crippen LogP contribution is -2.22. The van der Waals surface area contributed by atoms with Gasteiger partial charge in [0.2, 0.25) is 5.91 Å². The number of carbonyl (C=O) groups excluding carboxylic acids is 1. The van der Waals surface area contributed by atoms with Crippen molar-refractivity contribution in [3.63, 3.8) is 0 Å². The summed E-state index contributed by atoms with van der Waals surface area (Å²) in [5.74, 6) is 0.439. The van der Waals surface area contributed by atoms with Gasteiger partial charge < -0.3 is 10.6 Å². The van der Waals surface area contributed by atoms with E-state index in [1.54, 1.807) is 10.9 Å². The predicted octanol–water partition coefficient (Wildman–Crippen LogP) is 3.43. The molecule has 0 radical (unpaired) electrons. The van der Waals surface area contributed by atoms with Crippen LogP contribution in [0.25, 0.3) is 16.7 Å². The van der Waals surface area contributed by atoms with Gasteiger partial charge in [-0.05, 0) is 30.2 Å². The average Bonchev–Trinajstić information content (AvgIpc) is 3.18. The Balaban J connectivity index is 1.51. The summed E-state index contributed by atoms with van der Waals surface area (Å²) >= 11 is 0. The van der Waals surface area contributed by atoms with Crippen molar-refractivity contribution in [2.45, 2.75) is 13.3 Å². The Morgan fingerprint density at radius 1 is 1.04 bits per heavy atom. The van der Waals surface area contributed by atoms with E-state index in [2.05, 4.69) is 32.6 Å². The maximum atomic E-state index is 12.4. The zero-order valence-electron chi connectivity index (χ0n) is 15.5. The standard InChI is InChI=1S/C21H20N6O/c1-2-15-8-6-7-11-18(15)26-19(28)13-22-20-17-12-25-27(21(17)24-14-23-20)16-9-4-3-5-10-16/h3-12,14H,2,13H2,1H3,(H,26,28)(H,22,23,24). The first-order valence-electron chi connectivity index (χ1n) is 9.12. The normalized spacial score (nSPS) is 10.8. The van der Waals surface area contributed by atoms with Crippen LogP contribution in [0.5, 0.6) is 0 Å². The Kier molecular flexibility index (Phi) is 4.97. The molecule has 4 aromatic rings. The van der Waals surface area contributed by atoms with Gasteiger partial charge in [-0.15, -0.1) is 0 Å². The Hall–Kier alpha value is -3.74. The minimum absolute atomic E-state index is 0.0979. The number of para-hydroxylation sites is 2. The molecule has 0 unspecified atom stereocenters. The molecule has 4 rings (SSSR count). The number of nitrogens with one attached hydrogen (secondary N) is 2. The summed E-state index contributed by atoms with van der Waals surface area (Å²) in [6, 6.07) is 17.6. The largest absolute Gasteiger partial charge is 0.360 e. The molecule has 7 nitrogen and oxygen atoms in total. The van der Waals surface area contributed by atoms with Crippen molar-refractivity contribution >= 4 is 28.4 Å². The van der Waals surface area contributed by atoms with Gasteiger partial charge in [0.15, 0.2) is 5.65 Å². The summed E-state index contributed by atoms with van der Waals surface area (Å²) in [6.07, 6.45) is 4.03. The van der Waals surface area contributed by atoms with Gasteiger partial charge in [-0.1, -0.05) is 43.3 Å². The van der Waals surface area contributed by atoms with Gasteiger partial charge in [-0.2, -0.15) is 5.10 Å². The molecule has 0 aliphatic rings. The van der Waals surface area contributed by atoms with E-state index in [0.29, 0.717) is 11.5 Å². The third-order valence-corrected chi connectivity index (χ3v) is 4.46. The van der Waals surface area contributed by atoms with Crippen molar-refractivity contribution in [2.75, 3.05) is 17.2 Å². The van der Waals surface area contributed by atoms with Crippen LogP contribution in [0.3, 0.4) is 0 Å². The van der Waals surface area contributed by atoms with E-state index in [1.807, 2.05) is 54.6 Å². The van der Waals surface area contributed by atoms with Crippen LogP contribution in [0, 0.1) is 0 Å². The number of nitrogens with zero attached hydrogens (tertiary/aromatic N) is 4. The van der Waals surface area contributed by atoms with E-state index < -0.39 is 0 Å². The Morgan fingerprint density at radius 2 is 1.82 bits per heavy atom. The maximum absolute atomic E-state index is 12.4. The van der Waals surface area contributed by atoms with Gasteiger partial charge >= 0.3 is 0 Å². The van der Waals surface area contributed by atoms with Crippen LogP contribution >= 0.6 is 0 Å². The lowest BCUT2D eigenvalue weighted by molar-refractivity contribution is -0.114. The molecule has 2 N–H and O–H groups in total. The molecule has 0 bridgehead atoms. The molecule has 28 heavy (non-hydrogen) atoms. The predicted molar refractivity (Wildman–Crippen MR) is 110 cm³/mol. The number of carbonyl (C=O) groups is 1. The highest BCUT2D eigenvalue weighted by Gasteiger charge is 2.12. The molecule has 0 saturated carbocycles. The SMILES string of the molecule is CCc1ccccc1NC(=O)CNc1ncnc2c1cnn2-c1ccccc1. The molecule has 140 valence electrons. The Morgan fingerprint density at radius 3 is 2.64 bits per heavy atom. The van der Waals surface area contributed by atoms with Gasteiger partial charge in [0.25, 0.3) is 0 Å². The number of amides is 1. The van der Waals surface area contributed by atoms with Crippen molar-refractivity contribution in [1.82, 2.24) is 19.7 Å². The fraction of sp³-hybridized carbons (Fsp3) is 0.143. The smallest absolute Gasteiger partial charge is 0.243 e. The minimum atomic E-state index is -0.136. The number of hydrogen-bond acceptors (Lipinski definition) is 5. The summed E-state index contributed by atoms with van der Waals surface area (Å²) in [5, 5.41) is 11.2. The first-order valence-corrected chi connectivity index (χ1v) is 9.12. The average molecular weight is 372 g/mol. The molecule has 0 saturated heterocycles. The van der Waals surface area contributed by atoms with Gasteiger partial charge in [0.05, 0.1) is 23.8 Å². The van der Waals surface area contributed by atoms with E-state index in [1.165, 1.54) is 6.33 Å². The zero-order valence-corrected chi connectivity index (χ0v) is 15.5. The number of rotatable bonds is 6. The molecular weight excluding hydrogens is 352 g/mol. The highest BCUT2D eigenvalue weighted by molar-refractivity contribution is 5.96. The van der Waals surface area contributed by atoms with Crippen LogP contribution in [-0.4, -0.2) is 32.2 Å². The van der Waals surface area contributed by atoms with Gasteiger partial charge in [-0.3, -0.25) is 4.79 Å². The number of anilines is 2. The number of benzene rings is 2. The minimum Gasteiger partial charge on any atom is -0.360 e. The molecule has 0 aliphatic carbocycles. The fourth-order valence-corrected chi connectivity index (χ4v) is 3.05. The van der Waals surface area contributed by atoms with E-state index in [9.17, 15) is 4.79 Å². The maximum Gasteiger partial charge on any atom is 0.243 e. The van der Waals surface area contributed by atoms with Crippen molar-refractivity contribution in [3.05, 3.63) is 72.7 Å². The van der Waals surface area contributed by atoms with Gasteiger partial charge in [0, 0.05) is 5.69 Å². The first-order chi connectivity index (χ1) is 13.8. The highest BCUT2D eigenvalue weighted by atomic mass is 16.1. The lowest BCUT2D eigenvalue weighted by Gasteiger charge is -2.11. The molecule has 0 spiro atoms. The summed E-state index contributed by atoms with van der Waals surface area (Å²) < 4.78 is 1.75. The fourth-order valence-electron chi connectivity index (χ4n) is 3.05.